The van der Waals surface area contributed by atoms with Crippen LogP contribution >= 0.6 is 34.4 Å². The average molecular weight is 640 g/mol. The van der Waals surface area contributed by atoms with Gasteiger partial charge in [0.1, 0.15) is 21.7 Å². The Bertz CT molecular complexity index is 1490. The van der Waals surface area contributed by atoms with Crippen molar-refractivity contribution >= 4 is 62.6 Å². The number of nitrogens with one attached hydrogen (secondary N) is 3. The summed E-state index contributed by atoms with van der Waals surface area (Å²) in [5.41, 5.74) is 0.857. The first-order valence-corrected chi connectivity index (χ1v) is 16.3. The summed E-state index contributed by atoms with van der Waals surface area (Å²) in [6.45, 7) is 5.27. The van der Waals surface area contributed by atoms with Gasteiger partial charge in [0.05, 0.1) is 6.42 Å². The molecule has 11 nitrogen and oxygen atoms in total. The molecule has 226 valence electrons. The highest BCUT2D eigenvalue weighted by atomic mass is 32.2. The van der Waals surface area contributed by atoms with Gasteiger partial charge in [0, 0.05) is 12.8 Å². The number of nitrogens with zero attached hydrogens (tertiary/aromatic N) is 4. The number of hydrogen-bond donors (Lipinski definition) is 3. The Morgan fingerprint density at radius 3 is 1.95 bits per heavy atom. The van der Waals surface area contributed by atoms with E-state index < -0.39 is 23.6 Å². The van der Waals surface area contributed by atoms with Gasteiger partial charge in [-0.2, -0.15) is 11.8 Å². The lowest BCUT2D eigenvalue weighted by Crippen LogP contribution is -2.40. The summed E-state index contributed by atoms with van der Waals surface area (Å²) in [6.07, 6.45) is 1.02. The predicted octanol–water partition coefficient (Wildman–Crippen LogP) is 5.29. The smallest absolute Gasteiger partial charge is 0.408 e. The monoisotopic (exact) mass is 639 g/mol. The van der Waals surface area contributed by atoms with Gasteiger partial charge in [-0.25, -0.2) is 4.79 Å². The molecule has 0 saturated heterocycles. The summed E-state index contributed by atoms with van der Waals surface area (Å²) < 4.78 is 5.34. The van der Waals surface area contributed by atoms with Crippen LogP contribution in [0.4, 0.5) is 15.1 Å². The van der Waals surface area contributed by atoms with Gasteiger partial charge in [0.15, 0.2) is 0 Å². The molecule has 0 aliphatic heterocycles. The Balaban J connectivity index is 1.19. The molecule has 2 aromatic heterocycles. The van der Waals surface area contributed by atoms with Crippen LogP contribution in [-0.2, 0) is 33.6 Å². The van der Waals surface area contributed by atoms with E-state index in [-0.39, 0.29) is 5.91 Å². The summed E-state index contributed by atoms with van der Waals surface area (Å²) in [4.78, 5) is 37.8. The van der Waals surface area contributed by atoms with Gasteiger partial charge in [-0.3, -0.25) is 14.9 Å². The van der Waals surface area contributed by atoms with Crippen molar-refractivity contribution in [1.29, 1.82) is 0 Å². The minimum Gasteiger partial charge on any atom is -0.444 e. The van der Waals surface area contributed by atoms with Crippen LogP contribution in [0.2, 0.25) is 0 Å². The van der Waals surface area contributed by atoms with Gasteiger partial charge < -0.3 is 15.4 Å². The number of amides is 3. The number of alkyl carbamates (subject to hydrolysis) is 1. The van der Waals surface area contributed by atoms with Crippen LogP contribution in [0.25, 0.3) is 0 Å². The number of hydrogen-bond acceptors (Lipinski definition) is 11. The molecular formula is C29H33N7O4S3. The number of aryl methyl sites for hydroxylation is 2. The van der Waals surface area contributed by atoms with Crippen molar-refractivity contribution in [3.8, 4) is 0 Å². The van der Waals surface area contributed by atoms with Gasteiger partial charge in [-0.1, -0.05) is 83.3 Å². The Morgan fingerprint density at radius 1 is 0.814 bits per heavy atom. The van der Waals surface area contributed by atoms with Crippen molar-refractivity contribution in [2.75, 3.05) is 22.1 Å². The van der Waals surface area contributed by atoms with Crippen LogP contribution < -0.4 is 16.0 Å². The number of anilines is 2. The molecule has 0 unspecified atom stereocenters. The summed E-state index contributed by atoms with van der Waals surface area (Å²) in [5.74, 6) is 1.09. The zero-order valence-electron chi connectivity index (χ0n) is 24.0. The number of benzene rings is 2. The van der Waals surface area contributed by atoms with Gasteiger partial charge in [0.25, 0.3) is 5.91 Å². The lowest BCUT2D eigenvalue weighted by atomic mass is 10.1. The first kappa shape index (κ1) is 32.0. The molecule has 0 bridgehead atoms. The first-order valence-electron chi connectivity index (χ1n) is 13.6. The second-order valence-electron chi connectivity index (χ2n) is 10.3. The van der Waals surface area contributed by atoms with Crippen molar-refractivity contribution in [3.63, 3.8) is 0 Å². The Hall–Kier alpha value is -3.88. The zero-order chi connectivity index (χ0) is 30.7. The van der Waals surface area contributed by atoms with Crippen LogP contribution in [0.15, 0.2) is 60.7 Å². The summed E-state index contributed by atoms with van der Waals surface area (Å²) in [7, 11) is 0. The highest BCUT2D eigenvalue weighted by Gasteiger charge is 2.26. The normalized spacial score (nSPS) is 11.9. The van der Waals surface area contributed by atoms with Crippen LogP contribution in [0.5, 0.6) is 0 Å². The molecule has 4 aromatic rings. The number of rotatable bonds is 13. The maximum Gasteiger partial charge on any atom is 0.408 e. The molecule has 0 aliphatic carbocycles. The van der Waals surface area contributed by atoms with Crippen molar-refractivity contribution < 1.29 is 19.1 Å². The number of aromatic nitrogens is 4. The van der Waals surface area contributed by atoms with E-state index in [0.29, 0.717) is 28.7 Å². The highest BCUT2D eigenvalue weighted by molar-refractivity contribution is 7.99. The third kappa shape index (κ3) is 11.0. The summed E-state index contributed by atoms with van der Waals surface area (Å²) in [6, 6.07) is 17.5. The molecule has 2 heterocycles. The quantitative estimate of drug-likeness (QED) is 0.166. The molecule has 3 N–H and O–H groups in total. The van der Waals surface area contributed by atoms with Crippen LogP contribution in [0.1, 0.15) is 48.0 Å². The molecule has 14 heteroatoms. The van der Waals surface area contributed by atoms with E-state index in [1.54, 1.807) is 56.8 Å². The van der Waals surface area contributed by atoms with Crippen LogP contribution in [0, 0.1) is 0 Å². The molecule has 0 spiro atoms. The van der Waals surface area contributed by atoms with Gasteiger partial charge in [-0.05, 0) is 43.4 Å². The number of ether oxygens (including phenoxy) is 1. The lowest BCUT2D eigenvalue weighted by Gasteiger charge is -2.23. The fourth-order valence-corrected chi connectivity index (χ4v) is 6.36. The van der Waals surface area contributed by atoms with Crippen LogP contribution in [-0.4, -0.2) is 55.4 Å². The van der Waals surface area contributed by atoms with E-state index in [2.05, 4.69) is 36.3 Å². The second kappa shape index (κ2) is 15.5. The molecule has 0 radical (unpaired) electrons. The topological polar surface area (TPSA) is 148 Å². The molecule has 0 aliphatic rings. The average Bonchev–Trinajstić information content (AvgIpc) is 3.60. The molecule has 3 amide bonds. The first-order chi connectivity index (χ1) is 20.6. The van der Waals surface area contributed by atoms with Gasteiger partial charge in [0.2, 0.25) is 16.2 Å². The van der Waals surface area contributed by atoms with Gasteiger partial charge >= 0.3 is 6.09 Å². The fourth-order valence-electron chi connectivity index (χ4n) is 3.72. The van der Waals surface area contributed by atoms with E-state index >= 15 is 0 Å². The standard InChI is InChI=1S/C29H33N7O4S3/c1-29(2,3)40-28(39)31-24(20-12-8-5-9-13-20)25(38)32-27-36-34-23(43-27)15-17-41-16-14-22-33-35-26(42-22)30-21(37)18-19-10-6-4-7-11-19/h4-13,24H,14-18H2,1-3H3,(H,31,39)(H,30,35,37)(H,32,36,38)/t24-/m1/s1. The van der Waals surface area contributed by atoms with Crippen molar-refractivity contribution in [1.82, 2.24) is 25.7 Å². The molecule has 2 aromatic carbocycles. The summed E-state index contributed by atoms with van der Waals surface area (Å²) in [5, 5.41) is 27.3. The van der Waals surface area contributed by atoms with Crippen molar-refractivity contribution in [2.24, 2.45) is 0 Å². The summed E-state index contributed by atoms with van der Waals surface area (Å²) >= 11 is 4.42. The highest BCUT2D eigenvalue weighted by Crippen LogP contribution is 2.22. The molecule has 1 atom stereocenters. The van der Waals surface area contributed by atoms with E-state index in [9.17, 15) is 14.4 Å². The molecule has 43 heavy (non-hydrogen) atoms. The maximum absolute atomic E-state index is 13.1. The molecule has 4 rings (SSSR count). The van der Waals surface area contributed by atoms with Gasteiger partial charge in [-0.15, -0.1) is 20.4 Å². The third-order valence-electron chi connectivity index (χ3n) is 5.59. The Kier molecular flexibility index (Phi) is 11.6. The largest absolute Gasteiger partial charge is 0.444 e. The number of carbonyl (C=O) groups is 3. The van der Waals surface area contributed by atoms with E-state index in [0.717, 1.165) is 33.5 Å². The van der Waals surface area contributed by atoms with E-state index in [1.165, 1.54) is 22.7 Å². The Morgan fingerprint density at radius 2 is 1.37 bits per heavy atom. The predicted molar refractivity (Wildman–Crippen MR) is 171 cm³/mol. The molecule has 0 fully saturated rings. The molecule has 0 saturated carbocycles. The minimum absolute atomic E-state index is 0.120. The second-order valence-corrected chi connectivity index (χ2v) is 13.7. The fraction of sp³-hybridized carbons (Fsp3) is 0.345. The minimum atomic E-state index is -0.961. The van der Waals surface area contributed by atoms with E-state index in [1.807, 2.05) is 36.4 Å². The van der Waals surface area contributed by atoms with Crippen molar-refractivity contribution in [3.05, 3.63) is 81.8 Å². The SMILES string of the molecule is CC(C)(C)OC(=O)N[C@@H](C(=O)Nc1nnc(CCSCCc2nnc(NC(=O)Cc3ccccc3)s2)s1)c1ccccc1. The number of carbonyl (C=O) groups excluding carboxylic acids is 3. The molecular weight excluding hydrogens is 607 g/mol. The van der Waals surface area contributed by atoms with E-state index in [4.69, 9.17) is 4.74 Å². The maximum atomic E-state index is 13.1. The van der Waals surface area contributed by atoms with Crippen LogP contribution in [0.3, 0.4) is 0 Å². The lowest BCUT2D eigenvalue weighted by molar-refractivity contribution is -0.118. The zero-order valence-corrected chi connectivity index (χ0v) is 26.5. The van der Waals surface area contributed by atoms with Crippen molar-refractivity contribution in [2.45, 2.75) is 51.7 Å². The number of thioether (sulfide) groups is 1. The third-order valence-corrected chi connectivity index (χ3v) is 8.38. The Labute approximate surface area is 262 Å².